The van der Waals surface area contributed by atoms with Crippen LogP contribution in [0.4, 0.5) is 0 Å². The molecule has 152 valence electrons. The Hall–Kier alpha value is -3.76. The lowest BCUT2D eigenvalue weighted by Crippen LogP contribution is -2.16. The first-order valence-electron chi connectivity index (χ1n) is 10.3. The minimum absolute atomic E-state index is 0.800. The Labute approximate surface area is 180 Å². The van der Waals surface area contributed by atoms with Gasteiger partial charge in [-0.15, -0.1) is 0 Å². The van der Waals surface area contributed by atoms with Crippen molar-refractivity contribution in [3.63, 3.8) is 0 Å². The van der Waals surface area contributed by atoms with E-state index in [-0.39, 0.29) is 0 Å². The fourth-order valence-electron chi connectivity index (χ4n) is 3.91. The molecule has 2 heterocycles. The molecular weight excluding hydrogens is 382 g/mol. The number of nitrogens with zero attached hydrogens (tertiary/aromatic N) is 2. The molecule has 0 radical (unpaired) electrons. The molecule has 0 saturated carbocycles. The number of H-pyrrole nitrogens is 1. The third kappa shape index (κ3) is 3.86. The fourth-order valence-corrected chi connectivity index (χ4v) is 3.91. The van der Waals surface area contributed by atoms with Crippen LogP contribution in [-0.2, 0) is 5.60 Å². The van der Waals surface area contributed by atoms with E-state index in [2.05, 4.69) is 46.4 Å². The summed E-state index contributed by atoms with van der Waals surface area (Å²) in [7, 11) is 0. The van der Waals surface area contributed by atoms with Gasteiger partial charge in [0, 0.05) is 11.6 Å². The van der Waals surface area contributed by atoms with Gasteiger partial charge in [0.1, 0.15) is 5.82 Å². The number of pyridine rings is 1. The van der Waals surface area contributed by atoms with Crippen molar-refractivity contribution in [1.29, 1.82) is 0 Å². The number of nitrogens with one attached hydrogen (secondary N) is 1. The molecule has 3 aromatic carbocycles. The molecule has 0 saturated heterocycles. The highest BCUT2D eigenvalue weighted by atomic mass is 16.3. The second kappa shape index (κ2) is 7.49. The molecule has 0 spiro atoms. The van der Waals surface area contributed by atoms with Crippen molar-refractivity contribution in [3.8, 4) is 11.1 Å². The minimum Gasteiger partial charge on any atom is -0.386 e. The van der Waals surface area contributed by atoms with E-state index in [1.165, 1.54) is 0 Å². The quantitative estimate of drug-likeness (QED) is 0.375. The predicted octanol–water partition coefficient (Wildman–Crippen LogP) is 6.18. The van der Waals surface area contributed by atoms with Crippen molar-refractivity contribution < 1.29 is 5.11 Å². The lowest BCUT2D eigenvalue weighted by atomic mass is 9.89. The third-order valence-electron chi connectivity index (χ3n) is 5.46. The molecule has 0 bridgehead atoms. The van der Waals surface area contributed by atoms with Crippen molar-refractivity contribution in [2.75, 3.05) is 0 Å². The Balaban J connectivity index is 1.48. The molecule has 0 amide bonds. The molecule has 5 rings (SSSR count). The van der Waals surface area contributed by atoms with Gasteiger partial charge in [0.25, 0.3) is 0 Å². The number of imidazole rings is 1. The van der Waals surface area contributed by atoms with Gasteiger partial charge in [-0.25, -0.2) is 4.98 Å². The SMILES string of the molecule is CC(C)(O)c1ccccc1-c1ccc2[nH]c(C=Cc3ccc4ncccc4c3)nc2c1. The van der Waals surface area contributed by atoms with Crippen LogP contribution < -0.4 is 0 Å². The van der Waals surface area contributed by atoms with Gasteiger partial charge in [0.2, 0.25) is 0 Å². The van der Waals surface area contributed by atoms with E-state index < -0.39 is 5.60 Å². The van der Waals surface area contributed by atoms with Gasteiger partial charge in [-0.3, -0.25) is 4.98 Å². The summed E-state index contributed by atoms with van der Waals surface area (Å²) in [5, 5.41) is 11.7. The lowest BCUT2D eigenvalue weighted by molar-refractivity contribution is 0.0792. The fraction of sp³-hybridized carbons (Fsp3) is 0.111. The highest BCUT2D eigenvalue weighted by Gasteiger charge is 2.20. The molecule has 0 unspecified atom stereocenters. The zero-order valence-electron chi connectivity index (χ0n) is 17.5. The summed E-state index contributed by atoms with van der Waals surface area (Å²) < 4.78 is 0. The standard InChI is InChI=1S/C27H23N3O/c1-27(2,31)22-8-4-3-7-21(22)19-11-13-24-25(17-19)30-26(29-24)14-10-18-9-12-23-20(16-18)6-5-15-28-23/h3-17,31H,1-2H3,(H,29,30). The van der Waals surface area contributed by atoms with Gasteiger partial charge in [-0.2, -0.15) is 0 Å². The molecule has 31 heavy (non-hydrogen) atoms. The Bertz CT molecular complexity index is 1420. The number of hydrogen-bond acceptors (Lipinski definition) is 3. The van der Waals surface area contributed by atoms with Crippen LogP contribution in [0.25, 0.3) is 45.2 Å². The Morgan fingerprint density at radius 1 is 0.871 bits per heavy atom. The second-order valence-corrected chi connectivity index (χ2v) is 8.25. The number of rotatable bonds is 4. The maximum absolute atomic E-state index is 10.6. The van der Waals surface area contributed by atoms with Crippen LogP contribution in [0.15, 0.2) is 79.0 Å². The van der Waals surface area contributed by atoms with E-state index in [1.54, 1.807) is 6.20 Å². The van der Waals surface area contributed by atoms with Gasteiger partial charge < -0.3 is 10.1 Å². The van der Waals surface area contributed by atoms with Crippen LogP contribution in [0.3, 0.4) is 0 Å². The minimum atomic E-state index is -0.916. The lowest BCUT2D eigenvalue weighted by Gasteiger charge is -2.21. The summed E-state index contributed by atoms with van der Waals surface area (Å²) in [5.41, 5.74) is 5.99. The molecule has 0 atom stereocenters. The third-order valence-corrected chi connectivity index (χ3v) is 5.46. The molecule has 4 heteroatoms. The van der Waals surface area contributed by atoms with Gasteiger partial charge in [-0.05, 0) is 72.5 Å². The van der Waals surface area contributed by atoms with Crippen molar-refractivity contribution in [2.45, 2.75) is 19.4 Å². The zero-order chi connectivity index (χ0) is 21.4. The number of benzene rings is 3. The molecule has 2 aromatic heterocycles. The summed E-state index contributed by atoms with van der Waals surface area (Å²) in [4.78, 5) is 12.5. The first kappa shape index (κ1) is 19.2. The molecular formula is C27H23N3O. The maximum atomic E-state index is 10.6. The number of aromatic amines is 1. The van der Waals surface area contributed by atoms with Crippen molar-refractivity contribution in [2.24, 2.45) is 0 Å². The first-order chi connectivity index (χ1) is 15.0. The van der Waals surface area contributed by atoms with E-state index >= 15 is 0 Å². The van der Waals surface area contributed by atoms with Crippen LogP contribution in [0.5, 0.6) is 0 Å². The molecule has 0 fully saturated rings. The predicted molar refractivity (Wildman–Crippen MR) is 127 cm³/mol. The number of fused-ring (bicyclic) bond motifs is 2. The Morgan fingerprint density at radius 2 is 1.74 bits per heavy atom. The molecule has 0 aliphatic rings. The van der Waals surface area contributed by atoms with Crippen LogP contribution in [0, 0.1) is 0 Å². The van der Waals surface area contributed by atoms with E-state index in [0.29, 0.717) is 0 Å². The summed E-state index contributed by atoms with van der Waals surface area (Å²) in [6.45, 7) is 3.62. The van der Waals surface area contributed by atoms with Crippen LogP contribution in [0.2, 0.25) is 0 Å². The first-order valence-corrected chi connectivity index (χ1v) is 10.3. The summed E-state index contributed by atoms with van der Waals surface area (Å²) in [6.07, 6.45) is 5.84. The largest absolute Gasteiger partial charge is 0.386 e. The smallest absolute Gasteiger partial charge is 0.131 e. The number of hydrogen-bond donors (Lipinski definition) is 2. The highest BCUT2D eigenvalue weighted by molar-refractivity contribution is 5.86. The molecule has 0 aliphatic carbocycles. The average molecular weight is 406 g/mol. The monoisotopic (exact) mass is 405 g/mol. The Kier molecular flexibility index (Phi) is 4.64. The van der Waals surface area contributed by atoms with Crippen molar-refractivity contribution in [1.82, 2.24) is 15.0 Å². The molecule has 2 N–H and O–H groups in total. The van der Waals surface area contributed by atoms with Crippen LogP contribution in [0.1, 0.15) is 30.8 Å². The zero-order valence-corrected chi connectivity index (χ0v) is 17.5. The maximum Gasteiger partial charge on any atom is 0.131 e. The van der Waals surface area contributed by atoms with Crippen LogP contribution in [-0.4, -0.2) is 20.1 Å². The van der Waals surface area contributed by atoms with E-state index in [1.807, 2.05) is 62.4 Å². The summed E-state index contributed by atoms with van der Waals surface area (Å²) in [6, 6.07) is 24.3. The van der Waals surface area contributed by atoms with Crippen LogP contribution >= 0.6 is 0 Å². The van der Waals surface area contributed by atoms with E-state index in [0.717, 1.165) is 50.0 Å². The highest BCUT2D eigenvalue weighted by Crippen LogP contribution is 2.32. The normalized spacial score (nSPS) is 12.2. The van der Waals surface area contributed by atoms with Gasteiger partial charge in [-0.1, -0.05) is 48.5 Å². The van der Waals surface area contributed by atoms with Gasteiger partial charge in [0.05, 0.1) is 22.2 Å². The molecule has 0 aliphatic heterocycles. The van der Waals surface area contributed by atoms with Crippen molar-refractivity contribution in [3.05, 3.63) is 95.9 Å². The summed E-state index contributed by atoms with van der Waals surface area (Å²) in [5.74, 6) is 0.800. The topological polar surface area (TPSA) is 61.8 Å². The Morgan fingerprint density at radius 3 is 2.61 bits per heavy atom. The molecule has 4 nitrogen and oxygen atoms in total. The number of aromatic nitrogens is 3. The van der Waals surface area contributed by atoms with Crippen molar-refractivity contribution >= 4 is 34.1 Å². The van der Waals surface area contributed by atoms with E-state index in [4.69, 9.17) is 4.98 Å². The van der Waals surface area contributed by atoms with Gasteiger partial charge >= 0.3 is 0 Å². The van der Waals surface area contributed by atoms with Gasteiger partial charge in [0.15, 0.2) is 0 Å². The summed E-state index contributed by atoms with van der Waals surface area (Å²) >= 11 is 0. The second-order valence-electron chi connectivity index (χ2n) is 8.25. The van der Waals surface area contributed by atoms with E-state index in [9.17, 15) is 5.11 Å². The average Bonchev–Trinajstić information content (AvgIpc) is 3.19. The molecule has 5 aromatic rings. The number of aliphatic hydroxyl groups is 1.